The number of rotatable bonds is 11. The van der Waals surface area contributed by atoms with Crippen molar-refractivity contribution in [3.05, 3.63) is 66.0 Å². The second-order valence-electron chi connectivity index (χ2n) is 6.38. The van der Waals surface area contributed by atoms with Gasteiger partial charge >= 0.3 is 0 Å². The van der Waals surface area contributed by atoms with Gasteiger partial charge < -0.3 is 9.84 Å². The molecule has 0 aliphatic carbocycles. The van der Waals surface area contributed by atoms with Crippen LogP contribution in [0.15, 0.2) is 54.7 Å². The van der Waals surface area contributed by atoms with E-state index in [1.165, 1.54) is 12.1 Å². The van der Waals surface area contributed by atoms with E-state index in [1.54, 1.807) is 6.08 Å². The molecule has 142 valence electrons. The van der Waals surface area contributed by atoms with Crippen molar-refractivity contribution in [3.8, 4) is 5.75 Å². The van der Waals surface area contributed by atoms with Crippen LogP contribution < -0.4 is 4.74 Å². The molecule has 1 aromatic carbocycles. The zero-order valence-corrected chi connectivity index (χ0v) is 15.7. The number of likely N-dealkylation sites (N-methyl/N-ethyl adjacent to an activating group) is 1. The van der Waals surface area contributed by atoms with Crippen LogP contribution in [0.2, 0.25) is 0 Å². The number of allylic oxidation sites excluding steroid dienone is 1. The lowest BCUT2D eigenvalue weighted by Crippen LogP contribution is -2.17. The summed E-state index contributed by atoms with van der Waals surface area (Å²) in [6.45, 7) is 9.13. The largest absolute Gasteiger partial charge is 0.486 e. The van der Waals surface area contributed by atoms with Gasteiger partial charge in [0.05, 0.1) is 6.10 Å². The highest BCUT2D eigenvalue weighted by molar-refractivity contribution is 5.96. The first kappa shape index (κ1) is 21.8. The topological polar surface area (TPSA) is 49.8 Å². The zero-order chi connectivity index (χ0) is 19.5. The molecule has 0 spiro atoms. The average Bonchev–Trinajstić information content (AvgIpc) is 2.55. The Labute approximate surface area is 155 Å². The molecule has 1 rings (SSSR count). The van der Waals surface area contributed by atoms with Gasteiger partial charge in [-0.1, -0.05) is 29.9 Å². The standard InChI is InChI=1S/C21H28FNO3/c1-5-10-23(4)11-6-7-12-26-21-9-8-17(14-19(21)22)20(25)15-18(24)13-16(2)3/h5-9,13-14,18,24H,1,10-12,15H2,2-4H3/b7-6+/t18-/m0/s1. The molecule has 0 aliphatic rings. The first-order valence-electron chi connectivity index (χ1n) is 8.56. The molecule has 0 amide bonds. The monoisotopic (exact) mass is 361 g/mol. The van der Waals surface area contributed by atoms with Crippen molar-refractivity contribution in [1.82, 2.24) is 4.90 Å². The van der Waals surface area contributed by atoms with Crippen LogP contribution in [-0.2, 0) is 0 Å². The van der Waals surface area contributed by atoms with E-state index in [9.17, 15) is 14.3 Å². The van der Waals surface area contributed by atoms with Crippen molar-refractivity contribution in [3.63, 3.8) is 0 Å². The Hall–Kier alpha value is -2.24. The Balaban J connectivity index is 2.56. The van der Waals surface area contributed by atoms with Crippen molar-refractivity contribution in [1.29, 1.82) is 0 Å². The van der Waals surface area contributed by atoms with Crippen LogP contribution in [0.4, 0.5) is 4.39 Å². The molecule has 0 heterocycles. The summed E-state index contributed by atoms with van der Waals surface area (Å²) in [5.74, 6) is -0.814. The Morgan fingerprint density at radius 1 is 1.35 bits per heavy atom. The SMILES string of the molecule is C=CCN(C)C/C=C/COc1ccc(C(=O)C[C@@H](O)C=C(C)C)cc1F. The van der Waals surface area contributed by atoms with Crippen molar-refractivity contribution in [2.24, 2.45) is 0 Å². The van der Waals surface area contributed by atoms with Gasteiger partial charge in [-0.25, -0.2) is 4.39 Å². The molecule has 0 aliphatic heterocycles. The fourth-order valence-corrected chi connectivity index (χ4v) is 2.30. The van der Waals surface area contributed by atoms with Crippen molar-refractivity contribution in [2.75, 3.05) is 26.7 Å². The lowest BCUT2D eigenvalue weighted by molar-refractivity contribution is 0.0921. The Morgan fingerprint density at radius 2 is 2.08 bits per heavy atom. The summed E-state index contributed by atoms with van der Waals surface area (Å²) in [5, 5.41) is 9.78. The minimum atomic E-state index is -0.865. The normalized spacial score (nSPS) is 12.2. The first-order valence-corrected chi connectivity index (χ1v) is 8.56. The number of halogens is 1. The summed E-state index contributed by atoms with van der Waals surface area (Å²) < 4.78 is 19.5. The molecule has 1 N–H and O–H groups in total. The maximum absolute atomic E-state index is 14.1. The lowest BCUT2D eigenvalue weighted by Gasteiger charge is -2.10. The fraction of sp³-hybridized carbons (Fsp3) is 0.381. The second kappa shape index (κ2) is 11.4. The molecule has 0 saturated carbocycles. The van der Waals surface area contributed by atoms with Crippen molar-refractivity contribution < 1.29 is 19.0 Å². The number of carbonyl (C=O) groups excluding carboxylic acids is 1. The van der Waals surface area contributed by atoms with Gasteiger partial charge in [0.25, 0.3) is 0 Å². The molecule has 1 atom stereocenters. The summed E-state index contributed by atoms with van der Waals surface area (Å²) in [4.78, 5) is 14.2. The number of nitrogens with zero attached hydrogens (tertiary/aromatic N) is 1. The minimum Gasteiger partial charge on any atom is -0.486 e. The quantitative estimate of drug-likeness (QED) is 0.481. The van der Waals surface area contributed by atoms with Gasteiger partial charge in [0.2, 0.25) is 0 Å². The molecule has 0 bridgehead atoms. The molecular formula is C21H28FNO3. The molecular weight excluding hydrogens is 333 g/mol. The van der Waals surface area contributed by atoms with Crippen LogP contribution in [-0.4, -0.2) is 48.6 Å². The maximum atomic E-state index is 14.1. The Morgan fingerprint density at radius 3 is 2.69 bits per heavy atom. The number of benzene rings is 1. The molecule has 0 aromatic heterocycles. The maximum Gasteiger partial charge on any atom is 0.165 e. The van der Waals surface area contributed by atoms with Crippen LogP contribution in [0.1, 0.15) is 30.6 Å². The van der Waals surface area contributed by atoms with Crippen molar-refractivity contribution in [2.45, 2.75) is 26.4 Å². The van der Waals surface area contributed by atoms with E-state index in [4.69, 9.17) is 4.74 Å². The van der Waals surface area contributed by atoms with Gasteiger partial charge in [-0.05, 0) is 39.1 Å². The van der Waals surface area contributed by atoms with Gasteiger partial charge in [-0.3, -0.25) is 9.69 Å². The van der Waals surface area contributed by atoms with Crippen LogP contribution in [0.25, 0.3) is 0 Å². The van der Waals surface area contributed by atoms with E-state index in [0.29, 0.717) is 0 Å². The minimum absolute atomic E-state index is 0.0776. The number of Topliss-reactive ketones (excluding diaryl/α,β-unsaturated/α-hetero) is 1. The molecule has 5 heteroatoms. The van der Waals surface area contributed by atoms with E-state index < -0.39 is 11.9 Å². The molecule has 0 saturated heterocycles. The highest BCUT2D eigenvalue weighted by Gasteiger charge is 2.13. The first-order chi connectivity index (χ1) is 12.3. The van der Waals surface area contributed by atoms with Crippen LogP contribution in [0.3, 0.4) is 0 Å². The average molecular weight is 361 g/mol. The zero-order valence-electron chi connectivity index (χ0n) is 15.7. The molecule has 26 heavy (non-hydrogen) atoms. The summed E-state index contributed by atoms with van der Waals surface area (Å²) in [6, 6.07) is 4.10. The number of ether oxygens (including phenoxy) is 1. The third-order valence-electron chi connectivity index (χ3n) is 3.53. The second-order valence-corrected chi connectivity index (χ2v) is 6.38. The lowest BCUT2D eigenvalue weighted by atomic mass is 10.0. The summed E-state index contributed by atoms with van der Waals surface area (Å²) in [7, 11) is 1.97. The number of aliphatic hydroxyl groups excluding tert-OH is 1. The van der Waals surface area contributed by atoms with E-state index in [2.05, 4.69) is 11.5 Å². The number of hydrogen-bond donors (Lipinski definition) is 1. The number of aliphatic hydroxyl groups is 1. The van der Waals surface area contributed by atoms with Gasteiger partial charge in [-0.15, -0.1) is 6.58 Å². The van der Waals surface area contributed by atoms with Crippen LogP contribution in [0, 0.1) is 5.82 Å². The highest BCUT2D eigenvalue weighted by atomic mass is 19.1. The molecule has 0 fully saturated rings. The van der Waals surface area contributed by atoms with E-state index in [-0.39, 0.29) is 30.1 Å². The number of ketones is 1. The van der Waals surface area contributed by atoms with Gasteiger partial charge in [0, 0.05) is 25.1 Å². The summed E-state index contributed by atoms with van der Waals surface area (Å²) in [5.41, 5.74) is 1.14. The van der Waals surface area contributed by atoms with Crippen LogP contribution >= 0.6 is 0 Å². The van der Waals surface area contributed by atoms with Gasteiger partial charge in [0.15, 0.2) is 17.3 Å². The predicted molar refractivity (Wildman–Crippen MR) is 103 cm³/mol. The number of carbonyl (C=O) groups is 1. The van der Waals surface area contributed by atoms with Gasteiger partial charge in [0.1, 0.15) is 6.61 Å². The van der Waals surface area contributed by atoms with E-state index >= 15 is 0 Å². The number of hydrogen-bond acceptors (Lipinski definition) is 4. The smallest absolute Gasteiger partial charge is 0.165 e. The summed E-state index contributed by atoms with van der Waals surface area (Å²) >= 11 is 0. The Kier molecular flexibility index (Phi) is 9.55. The molecule has 4 nitrogen and oxygen atoms in total. The van der Waals surface area contributed by atoms with E-state index in [0.717, 1.165) is 24.7 Å². The summed E-state index contributed by atoms with van der Waals surface area (Å²) in [6.07, 6.45) is 6.23. The molecule has 0 radical (unpaired) electrons. The molecule has 0 unspecified atom stereocenters. The highest BCUT2D eigenvalue weighted by Crippen LogP contribution is 2.20. The predicted octanol–water partition coefficient (Wildman–Crippen LogP) is 3.78. The van der Waals surface area contributed by atoms with Crippen LogP contribution in [0.5, 0.6) is 5.75 Å². The third kappa shape index (κ3) is 8.23. The van der Waals surface area contributed by atoms with Crippen molar-refractivity contribution >= 4 is 5.78 Å². The Bertz CT molecular complexity index is 663. The van der Waals surface area contributed by atoms with E-state index in [1.807, 2.05) is 39.1 Å². The molecule has 1 aromatic rings. The third-order valence-corrected chi connectivity index (χ3v) is 3.53. The fourth-order valence-electron chi connectivity index (χ4n) is 2.30. The van der Waals surface area contributed by atoms with Gasteiger partial charge in [-0.2, -0.15) is 0 Å².